The fraction of sp³-hybridized carbons (Fsp3) is 0. The average molecular weight is 739 g/mol. The molecule has 0 heterocycles. The molecule has 0 fully saturated rings. The van der Waals surface area contributed by atoms with Crippen LogP contribution in [0.15, 0.2) is 119 Å². The molecule has 0 saturated heterocycles. The zero-order valence-corrected chi connectivity index (χ0v) is 26.5. The van der Waals surface area contributed by atoms with E-state index in [1.807, 2.05) is 0 Å². The van der Waals surface area contributed by atoms with Crippen LogP contribution in [0.5, 0.6) is 17.2 Å². The van der Waals surface area contributed by atoms with Gasteiger partial charge in [-0.1, -0.05) is 0 Å². The molecule has 5 aromatic carbocycles. The number of rotatable bonds is 10. The van der Waals surface area contributed by atoms with E-state index in [9.17, 15) is 61.5 Å². The Bertz CT molecular complexity index is 2570. The predicted molar refractivity (Wildman–Crippen MR) is 174 cm³/mol. The molecule has 0 amide bonds. The van der Waals surface area contributed by atoms with Gasteiger partial charge in [0.15, 0.2) is 5.75 Å². The second-order valence-corrected chi connectivity index (χ2v) is 12.9. The number of hydrogen-bond donors (Lipinski definition) is 5. The Morgan fingerprint density at radius 1 is 0.510 bits per heavy atom. The van der Waals surface area contributed by atoms with E-state index < -0.39 is 74.2 Å². The summed E-state index contributed by atoms with van der Waals surface area (Å²) in [7, 11) is -9.85. The van der Waals surface area contributed by atoms with Crippen molar-refractivity contribution >= 4 is 76.5 Å². The van der Waals surface area contributed by atoms with E-state index in [-0.39, 0.29) is 39.2 Å². The van der Waals surface area contributed by atoms with Gasteiger partial charge in [0.05, 0.1) is 48.2 Å². The molecule has 0 spiro atoms. The van der Waals surface area contributed by atoms with Crippen molar-refractivity contribution in [3.05, 3.63) is 99.1 Å². The SMILES string of the molecule is O=[N+]([O-])c1ccc(N=Nc2cc(N=Nc3ccc([N+](=O)[O-])cc3O)cc(N=Nc3cc(S(=O)(=O)O)cc4cc(S(=O)(=O)O)cc(O)c34)c2O)cc1. The van der Waals surface area contributed by atoms with E-state index >= 15 is 0 Å². The molecule has 5 aromatic rings. The van der Waals surface area contributed by atoms with Gasteiger partial charge in [-0.25, -0.2) is 0 Å². The first-order valence-electron chi connectivity index (χ1n) is 13.5. The first-order valence-corrected chi connectivity index (χ1v) is 16.4. The van der Waals surface area contributed by atoms with E-state index in [1.165, 1.54) is 12.1 Å². The van der Waals surface area contributed by atoms with Crippen LogP contribution in [0.1, 0.15) is 0 Å². The molecular formula is C28H18N8O13S2. The quantitative estimate of drug-likeness (QED) is 0.0401. The predicted octanol–water partition coefficient (Wildman–Crippen LogP) is 7.51. The maximum atomic E-state index is 12.0. The number of phenols is 3. The van der Waals surface area contributed by atoms with Crippen molar-refractivity contribution < 1.29 is 51.1 Å². The highest BCUT2D eigenvalue weighted by Crippen LogP contribution is 2.44. The summed E-state index contributed by atoms with van der Waals surface area (Å²) in [5, 5.41) is 76.5. The van der Waals surface area contributed by atoms with Gasteiger partial charge in [0.2, 0.25) is 0 Å². The molecule has 0 aliphatic rings. The molecule has 0 radical (unpaired) electrons. The molecule has 260 valence electrons. The van der Waals surface area contributed by atoms with Crippen LogP contribution in [0, 0.1) is 20.2 Å². The summed E-state index contributed by atoms with van der Waals surface area (Å²) in [6, 6.07) is 13.0. The molecule has 0 unspecified atom stereocenters. The minimum Gasteiger partial charge on any atom is -0.507 e. The molecule has 0 saturated carbocycles. The summed E-state index contributed by atoms with van der Waals surface area (Å²) in [4.78, 5) is 18.9. The summed E-state index contributed by atoms with van der Waals surface area (Å²) in [5.41, 5.74) is -2.18. The molecule has 23 heteroatoms. The number of nitro groups is 2. The van der Waals surface area contributed by atoms with Crippen LogP contribution in [-0.4, -0.2) is 51.1 Å². The van der Waals surface area contributed by atoms with Crippen LogP contribution < -0.4 is 0 Å². The molecule has 0 atom stereocenters. The van der Waals surface area contributed by atoms with Gasteiger partial charge in [-0.3, -0.25) is 29.3 Å². The van der Waals surface area contributed by atoms with Gasteiger partial charge in [-0.05, 0) is 53.9 Å². The Labute approximate surface area is 284 Å². The van der Waals surface area contributed by atoms with Gasteiger partial charge >= 0.3 is 0 Å². The first-order chi connectivity index (χ1) is 23.9. The van der Waals surface area contributed by atoms with Crippen molar-refractivity contribution in [1.29, 1.82) is 0 Å². The Hall–Kier alpha value is -6.82. The lowest BCUT2D eigenvalue weighted by Crippen LogP contribution is -2.00. The summed E-state index contributed by atoms with van der Waals surface area (Å²) in [6.45, 7) is 0. The van der Waals surface area contributed by atoms with Crippen LogP contribution in [0.4, 0.5) is 45.5 Å². The summed E-state index contributed by atoms with van der Waals surface area (Å²) in [5.74, 6) is -2.12. The minimum atomic E-state index is -4.96. The standard InChI is InChI=1S/C28H18N8O13S2/c37-25-11-18(36(42)43)5-6-21(25)31-30-16-9-23(33-29-15-1-3-17(4-2-15)35(40)41)28(39)24(10-16)34-32-22-12-19(50(44,45)46)7-14-8-20(51(47,48)49)13-26(38)27(14)22/h1-13,37-39H,(H,44,45,46)(H,47,48,49). The highest BCUT2D eigenvalue weighted by Gasteiger charge is 2.20. The number of benzene rings is 5. The van der Waals surface area contributed by atoms with Crippen molar-refractivity contribution in [2.75, 3.05) is 0 Å². The number of nitro benzene ring substituents is 2. The Morgan fingerprint density at radius 3 is 1.55 bits per heavy atom. The first kappa shape index (κ1) is 35.5. The summed E-state index contributed by atoms with van der Waals surface area (Å²) < 4.78 is 66.5. The minimum absolute atomic E-state index is 0.110. The average Bonchev–Trinajstić information content (AvgIpc) is 3.05. The van der Waals surface area contributed by atoms with Crippen LogP contribution in [0.2, 0.25) is 0 Å². The van der Waals surface area contributed by atoms with Gasteiger partial charge in [0, 0.05) is 24.3 Å². The monoisotopic (exact) mass is 738 g/mol. The normalized spacial score (nSPS) is 12.4. The Balaban J connectivity index is 1.65. The Morgan fingerprint density at radius 2 is 1.00 bits per heavy atom. The molecule has 21 nitrogen and oxygen atoms in total. The molecule has 0 aliphatic carbocycles. The summed E-state index contributed by atoms with van der Waals surface area (Å²) >= 11 is 0. The number of fused-ring (bicyclic) bond motifs is 1. The van der Waals surface area contributed by atoms with Crippen LogP contribution in [0.25, 0.3) is 10.8 Å². The number of hydrogen-bond acceptors (Lipinski definition) is 17. The number of non-ortho nitro benzene ring substituents is 2. The molecule has 0 aromatic heterocycles. The maximum Gasteiger partial charge on any atom is 0.294 e. The number of nitrogens with zero attached hydrogens (tertiary/aromatic N) is 8. The molecule has 5 N–H and O–H groups in total. The van der Waals surface area contributed by atoms with E-state index in [1.54, 1.807) is 0 Å². The number of azo groups is 3. The highest BCUT2D eigenvalue weighted by molar-refractivity contribution is 7.86. The van der Waals surface area contributed by atoms with Gasteiger partial charge in [-0.15, -0.1) is 20.5 Å². The molecule has 0 aliphatic heterocycles. The second kappa shape index (κ2) is 13.6. The van der Waals surface area contributed by atoms with Crippen molar-refractivity contribution in [1.82, 2.24) is 0 Å². The molecule has 0 bridgehead atoms. The van der Waals surface area contributed by atoms with Crippen molar-refractivity contribution in [3.63, 3.8) is 0 Å². The lowest BCUT2D eigenvalue weighted by molar-refractivity contribution is -0.385. The third-order valence-electron chi connectivity index (χ3n) is 6.65. The molecule has 5 rings (SSSR count). The van der Waals surface area contributed by atoms with E-state index in [0.29, 0.717) is 6.07 Å². The third-order valence-corrected chi connectivity index (χ3v) is 8.31. The summed E-state index contributed by atoms with van der Waals surface area (Å²) in [6.07, 6.45) is 0. The maximum absolute atomic E-state index is 12.0. The fourth-order valence-electron chi connectivity index (χ4n) is 4.28. The van der Waals surface area contributed by atoms with Gasteiger partial charge in [0.1, 0.15) is 28.6 Å². The smallest absolute Gasteiger partial charge is 0.294 e. The van der Waals surface area contributed by atoms with Crippen molar-refractivity contribution in [3.8, 4) is 17.2 Å². The third kappa shape index (κ3) is 8.08. The highest BCUT2D eigenvalue weighted by atomic mass is 32.2. The van der Waals surface area contributed by atoms with Gasteiger partial charge < -0.3 is 15.3 Å². The second-order valence-electron chi connectivity index (χ2n) is 10.1. The van der Waals surface area contributed by atoms with Crippen LogP contribution in [0.3, 0.4) is 0 Å². The lowest BCUT2D eigenvalue weighted by Gasteiger charge is -2.09. The Kier molecular flexibility index (Phi) is 9.46. The zero-order valence-electron chi connectivity index (χ0n) is 24.9. The van der Waals surface area contributed by atoms with Crippen LogP contribution >= 0.6 is 0 Å². The van der Waals surface area contributed by atoms with Gasteiger partial charge in [0.25, 0.3) is 31.6 Å². The number of phenolic OH excluding ortho intramolecular Hbond substituents is 3. The van der Waals surface area contributed by atoms with E-state index in [4.69, 9.17) is 0 Å². The van der Waals surface area contributed by atoms with Crippen molar-refractivity contribution in [2.24, 2.45) is 30.7 Å². The zero-order chi connectivity index (χ0) is 37.2. The van der Waals surface area contributed by atoms with E-state index in [0.717, 1.165) is 60.7 Å². The van der Waals surface area contributed by atoms with Crippen LogP contribution in [-0.2, 0) is 20.2 Å². The molecule has 51 heavy (non-hydrogen) atoms. The molecular weight excluding hydrogens is 720 g/mol. The van der Waals surface area contributed by atoms with Gasteiger partial charge in [-0.2, -0.15) is 27.1 Å². The largest absolute Gasteiger partial charge is 0.507 e. The van der Waals surface area contributed by atoms with E-state index in [2.05, 4.69) is 30.7 Å². The lowest BCUT2D eigenvalue weighted by atomic mass is 10.1. The fourth-order valence-corrected chi connectivity index (χ4v) is 5.35. The van der Waals surface area contributed by atoms with Crippen molar-refractivity contribution in [2.45, 2.75) is 9.79 Å². The topological polar surface area (TPSA) is 330 Å². The number of aromatic hydroxyl groups is 3.